The maximum Gasteiger partial charge on any atom is 0.271 e. The summed E-state index contributed by atoms with van der Waals surface area (Å²) in [5.41, 5.74) is 7.85. The van der Waals surface area contributed by atoms with Crippen molar-refractivity contribution in [3.8, 4) is 33.9 Å². The van der Waals surface area contributed by atoms with E-state index < -0.39 is 5.91 Å². The first-order chi connectivity index (χ1) is 14.4. The van der Waals surface area contributed by atoms with E-state index in [0.29, 0.717) is 11.1 Å². The maximum atomic E-state index is 11.9. The van der Waals surface area contributed by atoms with Gasteiger partial charge in [-0.1, -0.05) is 47.4 Å². The van der Waals surface area contributed by atoms with Gasteiger partial charge in [0.15, 0.2) is 11.5 Å². The van der Waals surface area contributed by atoms with E-state index in [0.717, 1.165) is 31.3 Å². The molecule has 0 unspecified atom stereocenters. The Bertz CT molecular complexity index is 1070. The van der Waals surface area contributed by atoms with Crippen molar-refractivity contribution in [2.75, 3.05) is 13.1 Å². The Morgan fingerprint density at radius 1 is 1.10 bits per heavy atom. The van der Waals surface area contributed by atoms with E-state index in [9.17, 15) is 15.0 Å². The van der Waals surface area contributed by atoms with E-state index in [1.54, 1.807) is 0 Å². The van der Waals surface area contributed by atoms with Crippen LogP contribution >= 0.6 is 11.6 Å². The summed E-state index contributed by atoms with van der Waals surface area (Å²) >= 11 is 6.00. The van der Waals surface area contributed by atoms with E-state index in [1.807, 2.05) is 24.3 Å². The van der Waals surface area contributed by atoms with Gasteiger partial charge >= 0.3 is 0 Å². The molecule has 0 spiro atoms. The van der Waals surface area contributed by atoms with Crippen LogP contribution in [0.15, 0.2) is 40.9 Å². The highest BCUT2D eigenvalue weighted by atomic mass is 35.5. The van der Waals surface area contributed by atoms with E-state index in [4.69, 9.17) is 21.9 Å². The maximum absolute atomic E-state index is 11.9. The van der Waals surface area contributed by atoms with Gasteiger partial charge in [0, 0.05) is 12.6 Å². The summed E-state index contributed by atoms with van der Waals surface area (Å²) < 4.78 is 5.37. The van der Waals surface area contributed by atoms with Crippen molar-refractivity contribution in [2.24, 2.45) is 5.73 Å². The lowest BCUT2D eigenvalue weighted by Crippen LogP contribution is -2.29. The normalized spacial score (nSPS) is 14.7. The fourth-order valence-electron chi connectivity index (χ4n) is 3.80. The van der Waals surface area contributed by atoms with Crippen LogP contribution in [0.25, 0.3) is 22.5 Å². The van der Waals surface area contributed by atoms with Crippen LogP contribution in [0.3, 0.4) is 0 Å². The number of carbonyl (C=O) groups is 1. The van der Waals surface area contributed by atoms with Crippen LogP contribution in [0, 0.1) is 0 Å². The summed E-state index contributed by atoms with van der Waals surface area (Å²) in [4.78, 5) is 14.4. The predicted octanol–water partition coefficient (Wildman–Crippen LogP) is 4.16. The molecule has 156 valence electrons. The molecule has 0 atom stereocenters. The van der Waals surface area contributed by atoms with Gasteiger partial charge < -0.3 is 20.5 Å². The number of nitrogens with zero attached hydrogens (tertiary/aromatic N) is 2. The fraction of sp³-hybridized carbons (Fsp3) is 0.273. The van der Waals surface area contributed by atoms with Gasteiger partial charge in [-0.2, -0.15) is 0 Å². The number of hydrogen-bond acceptors (Lipinski definition) is 6. The van der Waals surface area contributed by atoms with Gasteiger partial charge in [0.1, 0.15) is 11.5 Å². The van der Waals surface area contributed by atoms with Crippen LogP contribution in [0.5, 0.6) is 11.5 Å². The number of aromatic nitrogens is 1. The summed E-state index contributed by atoms with van der Waals surface area (Å²) in [5.74, 6) is -1.13. The van der Waals surface area contributed by atoms with Gasteiger partial charge in [-0.3, -0.25) is 9.69 Å². The smallest absolute Gasteiger partial charge is 0.271 e. The third-order valence-corrected chi connectivity index (χ3v) is 5.64. The average Bonchev–Trinajstić information content (AvgIpc) is 3.17. The minimum atomic E-state index is -0.748. The number of hydrogen-bond donors (Lipinski definition) is 3. The number of rotatable bonds is 5. The quantitative estimate of drug-likeness (QED) is 0.563. The Balaban J connectivity index is 1.72. The molecular formula is C22H22ClN3O4. The monoisotopic (exact) mass is 427 g/mol. The number of carbonyl (C=O) groups excluding carboxylic acids is 1. The molecule has 0 aliphatic carbocycles. The van der Waals surface area contributed by atoms with E-state index in [2.05, 4.69) is 10.1 Å². The van der Waals surface area contributed by atoms with Gasteiger partial charge in [0.05, 0.1) is 16.1 Å². The molecule has 0 saturated carbocycles. The fourth-order valence-corrected chi connectivity index (χ4v) is 3.96. The highest BCUT2D eigenvalue weighted by Crippen LogP contribution is 2.42. The first kappa shape index (κ1) is 20.3. The number of likely N-dealkylation sites (tertiary alicyclic amines) is 1. The van der Waals surface area contributed by atoms with E-state index >= 15 is 0 Å². The molecule has 8 heteroatoms. The Morgan fingerprint density at radius 2 is 1.80 bits per heavy atom. The molecule has 7 nitrogen and oxygen atoms in total. The Labute approximate surface area is 178 Å². The number of nitrogens with two attached hydrogens (primary N) is 1. The molecule has 1 fully saturated rings. The average molecular weight is 428 g/mol. The minimum Gasteiger partial charge on any atom is -0.507 e. The third-order valence-electron chi connectivity index (χ3n) is 5.33. The number of piperidine rings is 1. The molecule has 1 saturated heterocycles. The number of benzene rings is 2. The highest BCUT2D eigenvalue weighted by Gasteiger charge is 2.25. The van der Waals surface area contributed by atoms with Crippen molar-refractivity contribution in [1.82, 2.24) is 10.1 Å². The Kier molecular flexibility index (Phi) is 5.65. The zero-order valence-electron chi connectivity index (χ0n) is 16.3. The van der Waals surface area contributed by atoms with Crippen LogP contribution in [-0.4, -0.2) is 39.3 Å². The standard InChI is InChI=1S/C22H22ClN3O4/c23-16-10-15(17(27)11-18(16)28)21-19(20(22(24)29)25-30-21)14-6-4-13(5-7-14)12-26-8-2-1-3-9-26/h4-7,10-11,27-28H,1-3,8-9,12H2,(H2,24,29). The van der Waals surface area contributed by atoms with E-state index in [1.165, 1.54) is 25.3 Å². The van der Waals surface area contributed by atoms with E-state index in [-0.39, 0.29) is 33.5 Å². The number of phenols is 2. The first-order valence-electron chi connectivity index (χ1n) is 9.77. The molecule has 2 aromatic carbocycles. The van der Waals surface area contributed by atoms with Gasteiger partial charge in [0.25, 0.3) is 5.91 Å². The zero-order valence-corrected chi connectivity index (χ0v) is 17.0. The largest absolute Gasteiger partial charge is 0.507 e. The lowest BCUT2D eigenvalue weighted by atomic mass is 9.97. The summed E-state index contributed by atoms with van der Waals surface area (Å²) in [5, 5.41) is 23.8. The second-order valence-electron chi connectivity index (χ2n) is 7.45. The van der Waals surface area contributed by atoms with Crippen molar-refractivity contribution in [2.45, 2.75) is 25.8 Å². The van der Waals surface area contributed by atoms with Gasteiger partial charge in [0.2, 0.25) is 0 Å². The summed E-state index contributed by atoms with van der Waals surface area (Å²) in [6.45, 7) is 3.07. The van der Waals surface area contributed by atoms with Crippen molar-refractivity contribution >= 4 is 17.5 Å². The minimum absolute atomic E-state index is 0.0302. The second kappa shape index (κ2) is 8.38. The Morgan fingerprint density at radius 3 is 2.47 bits per heavy atom. The van der Waals surface area contributed by atoms with Crippen LogP contribution in [0.2, 0.25) is 5.02 Å². The van der Waals surface area contributed by atoms with Crippen molar-refractivity contribution in [3.63, 3.8) is 0 Å². The number of halogens is 1. The lowest BCUT2D eigenvalue weighted by Gasteiger charge is -2.26. The van der Waals surface area contributed by atoms with Gasteiger partial charge in [-0.25, -0.2) is 0 Å². The van der Waals surface area contributed by atoms with Crippen LogP contribution in [-0.2, 0) is 6.54 Å². The molecule has 4 rings (SSSR count). The zero-order chi connectivity index (χ0) is 21.3. The highest BCUT2D eigenvalue weighted by molar-refractivity contribution is 6.32. The van der Waals surface area contributed by atoms with Crippen molar-refractivity contribution in [1.29, 1.82) is 0 Å². The van der Waals surface area contributed by atoms with Crippen LogP contribution in [0.4, 0.5) is 0 Å². The van der Waals surface area contributed by atoms with Crippen LogP contribution in [0.1, 0.15) is 35.3 Å². The molecule has 2 heterocycles. The molecule has 3 aromatic rings. The van der Waals surface area contributed by atoms with Crippen molar-refractivity contribution in [3.05, 3.63) is 52.7 Å². The molecule has 0 radical (unpaired) electrons. The number of amides is 1. The van der Waals surface area contributed by atoms with Crippen molar-refractivity contribution < 1.29 is 19.5 Å². The Hall–Kier alpha value is -3.03. The molecule has 0 bridgehead atoms. The molecule has 1 amide bonds. The summed E-state index contributed by atoms with van der Waals surface area (Å²) in [6.07, 6.45) is 3.74. The second-order valence-corrected chi connectivity index (χ2v) is 7.86. The SMILES string of the molecule is NC(=O)c1noc(-c2cc(Cl)c(O)cc2O)c1-c1ccc(CN2CCCCC2)cc1. The van der Waals surface area contributed by atoms with Crippen LogP contribution < -0.4 is 5.73 Å². The van der Waals surface area contributed by atoms with Gasteiger partial charge in [-0.05, 0) is 43.1 Å². The molecule has 4 N–H and O–H groups in total. The summed E-state index contributed by atoms with van der Waals surface area (Å²) in [7, 11) is 0. The number of phenolic OH excluding ortho intramolecular Hbond substituents is 2. The number of primary amides is 1. The first-order valence-corrected chi connectivity index (χ1v) is 10.1. The van der Waals surface area contributed by atoms with Gasteiger partial charge in [-0.15, -0.1) is 0 Å². The third kappa shape index (κ3) is 3.99. The molecular weight excluding hydrogens is 406 g/mol. The lowest BCUT2D eigenvalue weighted by molar-refractivity contribution is 0.0992. The molecule has 1 aromatic heterocycles. The predicted molar refractivity (Wildman–Crippen MR) is 113 cm³/mol. The number of aromatic hydroxyl groups is 2. The molecule has 30 heavy (non-hydrogen) atoms. The topological polar surface area (TPSA) is 113 Å². The molecule has 1 aliphatic rings. The summed E-state index contributed by atoms with van der Waals surface area (Å²) in [6, 6.07) is 10.2. The molecule has 1 aliphatic heterocycles.